The summed E-state index contributed by atoms with van der Waals surface area (Å²) in [6.45, 7) is 0. The summed E-state index contributed by atoms with van der Waals surface area (Å²) < 4.78 is 0. The van der Waals surface area contributed by atoms with E-state index in [1.807, 2.05) is 18.3 Å². The molecule has 0 amide bonds. The standard InChI is InChI=1S/C14H14ClNO/c15-13-6-2-5-11-12(8-16-14(11)13)9-3-1-4-10(17)7-9/h2,5-6,8-9,16H,1,3-4,7H2. The van der Waals surface area contributed by atoms with Crippen molar-refractivity contribution in [1.29, 1.82) is 0 Å². The van der Waals surface area contributed by atoms with Crippen molar-refractivity contribution in [2.45, 2.75) is 31.6 Å². The van der Waals surface area contributed by atoms with Crippen molar-refractivity contribution in [3.63, 3.8) is 0 Å². The van der Waals surface area contributed by atoms with Crippen molar-refractivity contribution >= 4 is 28.3 Å². The second-order valence-corrected chi connectivity index (χ2v) is 5.15. The van der Waals surface area contributed by atoms with E-state index in [0.717, 1.165) is 35.2 Å². The Morgan fingerprint density at radius 2 is 2.24 bits per heavy atom. The maximum atomic E-state index is 11.5. The summed E-state index contributed by atoms with van der Waals surface area (Å²) in [5.41, 5.74) is 2.23. The Bertz CT molecular complexity index is 573. The molecule has 0 spiro atoms. The second-order valence-electron chi connectivity index (χ2n) is 4.74. The summed E-state index contributed by atoms with van der Waals surface area (Å²) in [5.74, 6) is 0.751. The summed E-state index contributed by atoms with van der Waals surface area (Å²) in [5, 5.41) is 1.91. The number of H-pyrrole nitrogens is 1. The Morgan fingerprint density at radius 1 is 1.35 bits per heavy atom. The van der Waals surface area contributed by atoms with Gasteiger partial charge in [0.05, 0.1) is 10.5 Å². The van der Waals surface area contributed by atoms with Gasteiger partial charge in [0.1, 0.15) is 5.78 Å². The molecule has 0 bridgehead atoms. The Morgan fingerprint density at radius 3 is 3.06 bits per heavy atom. The first-order chi connectivity index (χ1) is 8.25. The normalized spacial score (nSPS) is 21.0. The molecular weight excluding hydrogens is 234 g/mol. The first kappa shape index (κ1) is 10.8. The molecule has 1 aromatic carbocycles. The van der Waals surface area contributed by atoms with Gasteiger partial charge < -0.3 is 4.98 Å². The number of fused-ring (bicyclic) bond motifs is 1. The van der Waals surface area contributed by atoms with Gasteiger partial charge in [-0.2, -0.15) is 0 Å². The molecule has 1 fully saturated rings. The molecule has 3 rings (SSSR count). The molecule has 17 heavy (non-hydrogen) atoms. The average Bonchev–Trinajstić information content (AvgIpc) is 2.74. The van der Waals surface area contributed by atoms with Crippen LogP contribution < -0.4 is 0 Å². The lowest BCUT2D eigenvalue weighted by molar-refractivity contribution is -0.120. The third kappa shape index (κ3) is 1.87. The molecule has 1 unspecified atom stereocenters. The monoisotopic (exact) mass is 247 g/mol. The maximum absolute atomic E-state index is 11.5. The number of hydrogen-bond donors (Lipinski definition) is 1. The van der Waals surface area contributed by atoms with Crippen LogP contribution in [0, 0.1) is 0 Å². The van der Waals surface area contributed by atoms with Crippen LogP contribution in [0.25, 0.3) is 10.9 Å². The van der Waals surface area contributed by atoms with Gasteiger partial charge in [-0.15, -0.1) is 0 Å². The largest absolute Gasteiger partial charge is 0.360 e. The minimum Gasteiger partial charge on any atom is -0.360 e. The number of aromatic amines is 1. The fourth-order valence-electron chi connectivity index (χ4n) is 2.77. The van der Waals surface area contributed by atoms with Crippen molar-refractivity contribution in [1.82, 2.24) is 4.98 Å². The van der Waals surface area contributed by atoms with Gasteiger partial charge in [0, 0.05) is 24.4 Å². The highest BCUT2D eigenvalue weighted by atomic mass is 35.5. The smallest absolute Gasteiger partial charge is 0.133 e. The zero-order chi connectivity index (χ0) is 11.8. The Kier molecular flexibility index (Phi) is 2.67. The predicted octanol–water partition coefficient (Wildman–Crippen LogP) is 4.05. The Balaban J connectivity index is 2.05. The minimum atomic E-state index is 0.364. The van der Waals surface area contributed by atoms with Gasteiger partial charge in [-0.25, -0.2) is 0 Å². The molecular formula is C14H14ClNO. The van der Waals surface area contributed by atoms with Gasteiger partial charge in [0.15, 0.2) is 0 Å². The molecule has 2 nitrogen and oxygen atoms in total. The molecule has 1 aromatic heterocycles. The van der Waals surface area contributed by atoms with Crippen LogP contribution in [0.15, 0.2) is 24.4 Å². The molecule has 1 saturated carbocycles. The number of benzene rings is 1. The highest BCUT2D eigenvalue weighted by Crippen LogP contribution is 2.36. The van der Waals surface area contributed by atoms with Crippen LogP contribution in [-0.4, -0.2) is 10.8 Å². The lowest BCUT2D eigenvalue weighted by Crippen LogP contribution is -2.12. The first-order valence-corrected chi connectivity index (χ1v) is 6.40. The fraction of sp³-hybridized carbons (Fsp3) is 0.357. The topological polar surface area (TPSA) is 32.9 Å². The highest BCUT2D eigenvalue weighted by Gasteiger charge is 2.23. The minimum absolute atomic E-state index is 0.364. The van der Waals surface area contributed by atoms with Crippen LogP contribution in [0.2, 0.25) is 5.02 Å². The number of rotatable bonds is 1. The molecule has 2 aromatic rings. The third-order valence-electron chi connectivity index (χ3n) is 3.62. The molecule has 88 valence electrons. The average molecular weight is 248 g/mol. The van der Waals surface area contributed by atoms with E-state index in [4.69, 9.17) is 11.6 Å². The van der Waals surface area contributed by atoms with Gasteiger partial charge >= 0.3 is 0 Å². The third-order valence-corrected chi connectivity index (χ3v) is 3.93. The lowest BCUT2D eigenvalue weighted by atomic mass is 9.83. The van der Waals surface area contributed by atoms with Crippen molar-refractivity contribution in [2.75, 3.05) is 0 Å². The number of carbonyl (C=O) groups excluding carboxylic acids is 1. The quantitative estimate of drug-likeness (QED) is 0.810. The summed E-state index contributed by atoms with van der Waals surface area (Å²) in [4.78, 5) is 14.8. The number of aromatic nitrogens is 1. The van der Waals surface area contributed by atoms with Crippen LogP contribution in [0.4, 0.5) is 0 Å². The van der Waals surface area contributed by atoms with E-state index in [1.165, 1.54) is 5.56 Å². The van der Waals surface area contributed by atoms with Crippen LogP contribution in [-0.2, 0) is 4.79 Å². The van der Waals surface area contributed by atoms with E-state index in [1.54, 1.807) is 0 Å². The summed E-state index contributed by atoms with van der Waals surface area (Å²) >= 11 is 6.14. The molecule has 0 radical (unpaired) electrons. The van der Waals surface area contributed by atoms with E-state index in [2.05, 4.69) is 11.1 Å². The van der Waals surface area contributed by atoms with E-state index < -0.39 is 0 Å². The molecule has 0 aliphatic heterocycles. The van der Waals surface area contributed by atoms with Crippen LogP contribution in [0.1, 0.15) is 37.2 Å². The Hall–Kier alpha value is -1.28. The van der Waals surface area contributed by atoms with E-state index in [9.17, 15) is 4.79 Å². The van der Waals surface area contributed by atoms with Gasteiger partial charge in [0.2, 0.25) is 0 Å². The Labute approximate surface area is 105 Å². The van der Waals surface area contributed by atoms with Crippen LogP contribution in [0.5, 0.6) is 0 Å². The number of Topliss-reactive ketones (excluding diaryl/α,β-unsaturated/α-hetero) is 1. The fourth-order valence-corrected chi connectivity index (χ4v) is 3.00. The number of hydrogen-bond acceptors (Lipinski definition) is 1. The zero-order valence-electron chi connectivity index (χ0n) is 9.50. The van der Waals surface area contributed by atoms with Gasteiger partial charge in [-0.05, 0) is 30.4 Å². The maximum Gasteiger partial charge on any atom is 0.133 e. The van der Waals surface area contributed by atoms with Crippen molar-refractivity contribution in [3.05, 3.63) is 35.0 Å². The number of nitrogens with one attached hydrogen (secondary N) is 1. The number of ketones is 1. The molecule has 3 heteroatoms. The molecule has 1 aliphatic carbocycles. The van der Waals surface area contributed by atoms with Gasteiger partial charge in [-0.3, -0.25) is 4.79 Å². The van der Waals surface area contributed by atoms with E-state index >= 15 is 0 Å². The van der Waals surface area contributed by atoms with Gasteiger partial charge in [0.25, 0.3) is 0 Å². The summed E-state index contributed by atoms with van der Waals surface area (Å²) in [7, 11) is 0. The van der Waals surface area contributed by atoms with E-state index in [0.29, 0.717) is 18.1 Å². The second kappa shape index (κ2) is 4.19. The van der Waals surface area contributed by atoms with Crippen LogP contribution >= 0.6 is 11.6 Å². The zero-order valence-corrected chi connectivity index (χ0v) is 10.3. The summed E-state index contributed by atoms with van der Waals surface area (Å²) in [6.07, 6.45) is 5.56. The highest BCUT2D eigenvalue weighted by molar-refractivity contribution is 6.35. The van der Waals surface area contributed by atoms with E-state index in [-0.39, 0.29) is 0 Å². The summed E-state index contributed by atoms with van der Waals surface area (Å²) in [6, 6.07) is 5.93. The van der Waals surface area contributed by atoms with Crippen molar-refractivity contribution in [3.8, 4) is 0 Å². The lowest BCUT2D eigenvalue weighted by Gasteiger charge is -2.20. The molecule has 0 saturated heterocycles. The molecule has 1 atom stereocenters. The molecule has 1 aliphatic rings. The number of halogens is 1. The SMILES string of the molecule is O=C1CCCC(c2c[nH]c3c(Cl)cccc23)C1. The van der Waals surface area contributed by atoms with Crippen LogP contribution in [0.3, 0.4) is 0 Å². The van der Waals surface area contributed by atoms with Crippen molar-refractivity contribution in [2.24, 2.45) is 0 Å². The van der Waals surface area contributed by atoms with Crippen molar-refractivity contribution < 1.29 is 4.79 Å². The van der Waals surface area contributed by atoms with Gasteiger partial charge in [-0.1, -0.05) is 23.7 Å². The predicted molar refractivity (Wildman–Crippen MR) is 69.5 cm³/mol. The number of carbonyl (C=O) groups is 1. The molecule has 1 N–H and O–H groups in total. The number of para-hydroxylation sites is 1. The molecule has 1 heterocycles. The first-order valence-electron chi connectivity index (χ1n) is 6.03.